The molecule has 96 heavy (non-hydrogen) atoms. The summed E-state index contributed by atoms with van der Waals surface area (Å²) in [5.74, 6) is 1.43. The Morgan fingerprint density at radius 1 is 0.458 bits per heavy atom. The van der Waals surface area contributed by atoms with Crippen molar-refractivity contribution in [2.24, 2.45) is 0 Å². The molecule has 0 aliphatic carbocycles. The molecule has 0 atom stereocenters. The summed E-state index contributed by atoms with van der Waals surface area (Å²) in [7, 11) is 4.71. The van der Waals surface area contributed by atoms with E-state index in [9.17, 15) is 49.9 Å². The number of benzene rings is 5. The number of aliphatic hydroxyl groups is 1. The van der Waals surface area contributed by atoms with Crippen molar-refractivity contribution < 1.29 is 125 Å². The van der Waals surface area contributed by atoms with Crippen molar-refractivity contribution in [3.05, 3.63) is 149 Å². The molecular weight excluding hydrogens is 1280 g/mol. The van der Waals surface area contributed by atoms with Crippen LogP contribution in [0.15, 0.2) is 72.8 Å². The summed E-state index contributed by atoms with van der Waals surface area (Å²) in [5, 5.41) is 58.1. The standard InChI is InChI=1S/C14H19NO5.C14H20O3.C12H17NO3.C12H19NO.C12H18O.C6H15N.C2H3ClO2.CH4O.K.H2O/c1-6-9-7-10(14(2,3)4)12(20-13(16)19-5)8-11(9)15(17)18;1-6-10-7-8-12(17-13(15)16-5)11(9-10)14(2,3)4;1-5-8-6-9(12(2,3)4)11(14)7-10(8)13(15)16;1-5-8-6-9(12(2,3)4)11(14)7-10(8)13;1-5-9-6-7-11(13)10(8-9)12(2,3)4;1-4-7(5-2)6-3;1-5-2(3)4;1-2;;/h7-8H,6H2,1-5H3;7-9H,6H2,1-5H3;6-7,14H,5H2,1-4H3;6-7,14H,5,13H2,1-4H3;6-8,13H,5H2,1-4H3;4-6H2,1-3H3;1H3;2H,1H3;;1H2/q;;;;;;;;+1;/p-1. The van der Waals surface area contributed by atoms with Gasteiger partial charge >= 0.3 is 69.1 Å². The van der Waals surface area contributed by atoms with E-state index in [1.807, 2.05) is 79.7 Å². The van der Waals surface area contributed by atoms with Crippen LogP contribution < -0.4 is 66.6 Å². The zero-order valence-electron chi connectivity index (χ0n) is 63.0. The molecule has 5 aromatic rings. The number of hydrogen-bond acceptors (Lipinski definition) is 19. The van der Waals surface area contributed by atoms with E-state index in [4.69, 9.17) is 20.3 Å². The minimum absolute atomic E-state index is 0. The third-order valence-corrected chi connectivity index (χ3v) is 14.5. The fourth-order valence-corrected chi connectivity index (χ4v) is 8.78. The van der Waals surface area contributed by atoms with Crippen molar-refractivity contribution in [1.82, 2.24) is 4.90 Å². The number of aryl methyl sites for hydroxylation is 5. The number of rotatable bonds is 12. The van der Waals surface area contributed by atoms with Gasteiger partial charge in [0.1, 0.15) is 28.7 Å². The van der Waals surface area contributed by atoms with Crippen molar-refractivity contribution in [2.75, 3.05) is 53.8 Å². The van der Waals surface area contributed by atoms with Crippen molar-refractivity contribution >= 4 is 46.4 Å². The predicted octanol–water partition coefficient (Wildman–Crippen LogP) is 15.3. The number of carbonyl (C=O) groups is 3. The number of anilines is 1. The van der Waals surface area contributed by atoms with Gasteiger partial charge in [0.25, 0.3) is 11.4 Å². The number of halogens is 1. The number of ether oxygens (including phenoxy) is 5. The normalized spacial score (nSPS) is 10.6. The molecule has 21 nitrogen and oxygen atoms in total. The summed E-state index contributed by atoms with van der Waals surface area (Å²) in [4.78, 5) is 55.1. The van der Waals surface area contributed by atoms with Crippen LogP contribution >= 0.6 is 11.6 Å². The first-order chi connectivity index (χ1) is 43.3. The molecule has 0 saturated carbocycles. The fourth-order valence-electron chi connectivity index (χ4n) is 8.78. The summed E-state index contributed by atoms with van der Waals surface area (Å²) < 4.78 is 23.0. The van der Waals surface area contributed by atoms with Gasteiger partial charge in [-0.15, -0.1) is 0 Å². The number of aliphatic hydroxyl groups excluding tert-OH is 1. The minimum atomic E-state index is -0.894. The van der Waals surface area contributed by atoms with Crippen molar-refractivity contribution in [3.8, 4) is 28.7 Å². The first-order valence-corrected chi connectivity index (χ1v) is 32.0. The van der Waals surface area contributed by atoms with Gasteiger partial charge in [-0.25, -0.2) is 14.4 Å². The Morgan fingerprint density at radius 2 is 0.760 bits per heavy atom. The quantitative estimate of drug-likeness (QED) is 0.0113. The number of nitro groups is 2. The Labute approximate surface area is 621 Å². The third kappa shape index (κ3) is 36.0. The topological polar surface area (TPSA) is 324 Å². The van der Waals surface area contributed by atoms with Crippen LogP contribution in [-0.2, 0) is 73.4 Å². The van der Waals surface area contributed by atoms with Gasteiger partial charge in [-0.1, -0.05) is 184 Å². The number of nitrogens with two attached hydrogens (primary N) is 1. The second kappa shape index (κ2) is 47.0. The van der Waals surface area contributed by atoms with Gasteiger partial charge in [0.2, 0.25) is 0 Å². The number of nitrogen functional groups attached to an aromatic ring is 1. The number of nitrogens with zero attached hydrogens (tertiary/aromatic N) is 3. The monoisotopic (exact) mass is 1390 g/mol. The van der Waals surface area contributed by atoms with Crippen molar-refractivity contribution in [2.45, 2.75) is 218 Å². The Kier molecular flexibility index (Phi) is 48.3. The van der Waals surface area contributed by atoms with Gasteiger partial charge < -0.3 is 60.2 Å². The average molecular weight is 1400 g/mol. The Bertz CT molecular complexity index is 3150. The maximum atomic E-state index is 11.3. The molecular formula is C73H116ClKN4O17. The maximum absolute atomic E-state index is 11.3. The van der Waals surface area contributed by atoms with Crippen LogP contribution in [0.3, 0.4) is 0 Å². The molecule has 0 amide bonds. The van der Waals surface area contributed by atoms with Gasteiger partial charge in [-0.2, -0.15) is 0 Å². The molecule has 0 fully saturated rings. The molecule has 0 spiro atoms. The number of phenols is 3. The van der Waals surface area contributed by atoms with E-state index in [-0.39, 0.29) is 107 Å². The molecule has 5 rings (SSSR count). The zero-order chi connectivity index (χ0) is 74.0. The number of nitro benzene ring substituents is 2. The first-order valence-electron chi connectivity index (χ1n) is 31.6. The summed E-state index contributed by atoms with van der Waals surface area (Å²) in [6.45, 7) is 50.7. The summed E-state index contributed by atoms with van der Waals surface area (Å²) >= 11 is 4.60. The van der Waals surface area contributed by atoms with E-state index in [0.29, 0.717) is 46.9 Å². The summed E-state index contributed by atoms with van der Waals surface area (Å²) in [5.41, 5.74) is 14.4. The minimum Gasteiger partial charge on any atom is -0.870 e. The largest absolute Gasteiger partial charge is 1.00 e. The molecule has 0 radical (unpaired) electrons. The number of aromatic hydroxyl groups is 3. The number of carbonyl (C=O) groups excluding carboxylic acids is 3. The van der Waals surface area contributed by atoms with Crippen LogP contribution in [0.1, 0.15) is 215 Å². The SMILES string of the molecule is CCN(CC)CC.CCc1cc(C(C)(C)C)c(O)cc1N.CCc1cc(C(C)(C)C)c(O)cc1[N+](=O)[O-].CCc1cc(C(C)(C)C)c(OC(=O)OC)cc1[N+](=O)[O-].CCc1ccc(O)c(C(C)(C)C)c1.CCc1ccc(OC(=O)OC)c(C(C)(C)C)c1.CO.COC(=O)Cl.[K+].[OH-]. The van der Waals surface area contributed by atoms with E-state index in [2.05, 4.69) is 147 Å². The second-order valence-corrected chi connectivity index (χ2v) is 26.7. The summed E-state index contributed by atoms with van der Waals surface area (Å²) in [6.07, 6.45) is 2.41. The van der Waals surface area contributed by atoms with Crippen molar-refractivity contribution in [3.63, 3.8) is 0 Å². The first kappa shape index (κ1) is 98.6. The molecule has 0 aliphatic rings. The Hall–Kier alpha value is -6.08. The van der Waals surface area contributed by atoms with E-state index in [1.165, 1.54) is 64.2 Å². The Balaban J connectivity index is -0.000000342. The van der Waals surface area contributed by atoms with E-state index >= 15 is 0 Å². The fraction of sp³-hybridized carbons (Fsp3) is 0.548. The third-order valence-electron chi connectivity index (χ3n) is 14.4. The van der Waals surface area contributed by atoms with Crippen LogP contribution in [0, 0.1) is 20.2 Å². The smallest absolute Gasteiger partial charge is 0.870 e. The van der Waals surface area contributed by atoms with Gasteiger partial charge in [0, 0.05) is 52.7 Å². The second-order valence-electron chi connectivity index (χ2n) is 26.4. The van der Waals surface area contributed by atoms with Crippen molar-refractivity contribution in [1.29, 1.82) is 0 Å². The van der Waals surface area contributed by atoms with Gasteiger partial charge in [-0.3, -0.25) is 20.2 Å². The average Bonchev–Trinajstić information content (AvgIpc) is 0.837. The number of methoxy groups -OCH3 is 3. The Morgan fingerprint density at radius 3 is 1.07 bits per heavy atom. The molecule has 0 heterocycles. The van der Waals surface area contributed by atoms with Gasteiger partial charge in [-0.05, 0) is 143 Å². The molecule has 5 aromatic carbocycles. The molecule has 0 bridgehead atoms. The van der Waals surface area contributed by atoms with Crippen LogP contribution in [0.4, 0.5) is 31.4 Å². The van der Waals surface area contributed by atoms with Gasteiger partial charge in [0.05, 0.1) is 43.3 Å². The van der Waals surface area contributed by atoms with Crippen LogP contribution in [0.25, 0.3) is 0 Å². The zero-order valence-corrected chi connectivity index (χ0v) is 66.9. The number of hydrogen-bond donors (Lipinski definition) is 5. The van der Waals surface area contributed by atoms with E-state index in [0.717, 1.165) is 59.8 Å². The molecule has 0 saturated heterocycles. The van der Waals surface area contributed by atoms with Crippen LogP contribution in [-0.4, -0.2) is 106 Å². The van der Waals surface area contributed by atoms with Crippen LogP contribution in [0.5, 0.6) is 28.7 Å². The van der Waals surface area contributed by atoms with Gasteiger partial charge in [0.15, 0.2) is 0 Å². The van der Waals surface area contributed by atoms with E-state index < -0.39 is 27.6 Å². The number of phenolic OH excluding ortho intramolecular Hbond substituents is 3. The molecule has 0 aromatic heterocycles. The summed E-state index contributed by atoms with van der Waals surface area (Å²) in [6, 6.07) is 21.4. The van der Waals surface area contributed by atoms with E-state index in [1.54, 1.807) is 24.3 Å². The molecule has 0 unspecified atom stereocenters. The molecule has 7 N–H and O–H groups in total. The predicted molar refractivity (Wildman–Crippen MR) is 383 cm³/mol. The molecule has 538 valence electrons. The molecule has 0 aliphatic heterocycles. The van der Waals surface area contributed by atoms with Crippen LogP contribution in [0.2, 0.25) is 0 Å². The molecule has 23 heteroatoms. The maximum Gasteiger partial charge on any atom is 1.00 e.